The highest BCUT2D eigenvalue weighted by atomic mass is 32.2. The summed E-state index contributed by atoms with van der Waals surface area (Å²) in [4.78, 5) is 16.9. The van der Waals surface area contributed by atoms with E-state index in [1.165, 1.54) is 17.8 Å². The number of hydrogen-bond donors (Lipinski definition) is 2. The first-order chi connectivity index (χ1) is 22.6. The average Bonchev–Trinajstić information content (AvgIpc) is 3.55. The normalized spacial score (nSPS) is 17.7. The molecule has 1 aromatic heterocycles. The molecule has 3 unspecified atom stereocenters. The number of hydrogen-bond acceptors (Lipinski definition) is 8. The standard InChI is InChI=1S/C37H34N2O6S/c1-2-21-42-36(41)38-30-19-17-29(18-20-30)35-43-31(22-32(44-35)26-15-13-25(23-40)14-16-26)24-46-37-39-33(27-9-5-3-6-10-27)34(45-37)28-11-7-4-8-12-28/h2-20,31-32,35,40H,1,21-24H2,(H,38,41). The monoisotopic (exact) mass is 634 g/mol. The van der Waals surface area contributed by atoms with Gasteiger partial charge in [0, 0.05) is 34.6 Å². The van der Waals surface area contributed by atoms with Gasteiger partial charge in [-0.15, -0.1) is 0 Å². The lowest BCUT2D eigenvalue weighted by Crippen LogP contribution is -2.31. The van der Waals surface area contributed by atoms with E-state index in [0.717, 1.165) is 39.3 Å². The van der Waals surface area contributed by atoms with Crippen LogP contribution in [-0.4, -0.2) is 34.6 Å². The number of rotatable bonds is 11. The molecule has 46 heavy (non-hydrogen) atoms. The first kappa shape index (κ1) is 31.3. The van der Waals surface area contributed by atoms with E-state index in [1.807, 2.05) is 97.1 Å². The number of nitrogens with zero attached hydrogens (tertiary/aromatic N) is 1. The predicted molar refractivity (Wildman–Crippen MR) is 178 cm³/mol. The van der Waals surface area contributed by atoms with E-state index in [0.29, 0.717) is 23.1 Å². The van der Waals surface area contributed by atoms with Crippen molar-refractivity contribution in [3.63, 3.8) is 0 Å². The molecule has 1 amide bonds. The summed E-state index contributed by atoms with van der Waals surface area (Å²) in [5.41, 5.74) is 5.97. The highest BCUT2D eigenvalue weighted by Crippen LogP contribution is 2.41. The maximum atomic E-state index is 12.0. The van der Waals surface area contributed by atoms with E-state index in [2.05, 4.69) is 11.9 Å². The van der Waals surface area contributed by atoms with Gasteiger partial charge < -0.3 is 23.7 Å². The third kappa shape index (κ3) is 7.75. The number of aliphatic hydroxyl groups is 1. The van der Waals surface area contributed by atoms with E-state index in [1.54, 1.807) is 12.1 Å². The van der Waals surface area contributed by atoms with Gasteiger partial charge in [0.15, 0.2) is 12.1 Å². The molecular weight excluding hydrogens is 600 g/mol. The topological polar surface area (TPSA) is 103 Å². The molecular formula is C37H34N2O6S. The van der Waals surface area contributed by atoms with Crippen LogP contribution in [0.5, 0.6) is 0 Å². The summed E-state index contributed by atoms with van der Waals surface area (Å²) < 4.78 is 24.3. The van der Waals surface area contributed by atoms with E-state index < -0.39 is 12.4 Å². The first-order valence-corrected chi connectivity index (χ1v) is 16.0. The van der Waals surface area contributed by atoms with Gasteiger partial charge in [-0.2, -0.15) is 0 Å². The first-order valence-electron chi connectivity index (χ1n) is 15.0. The Bertz CT molecular complexity index is 1670. The van der Waals surface area contributed by atoms with E-state index >= 15 is 0 Å². The zero-order valence-corrected chi connectivity index (χ0v) is 25.9. The van der Waals surface area contributed by atoms with Crippen LogP contribution >= 0.6 is 11.8 Å². The minimum absolute atomic E-state index is 0.0234. The molecule has 4 aromatic carbocycles. The number of oxazole rings is 1. The number of ether oxygens (including phenoxy) is 3. The molecule has 1 aliphatic heterocycles. The summed E-state index contributed by atoms with van der Waals surface area (Å²) in [5.74, 6) is 1.31. The maximum absolute atomic E-state index is 12.0. The summed E-state index contributed by atoms with van der Waals surface area (Å²) in [6.45, 7) is 3.66. The number of nitrogens with one attached hydrogen (secondary N) is 1. The second-order valence-electron chi connectivity index (χ2n) is 10.7. The third-order valence-corrected chi connectivity index (χ3v) is 8.42. The molecule has 2 heterocycles. The van der Waals surface area contributed by atoms with Gasteiger partial charge in [0.1, 0.15) is 12.3 Å². The van der Waals surface area contributed by atoms with Gasteiger partial charge in [0.2, 0.25) is 0 Å². The summed E-state index contributed by atoms with van der Waals surface area (Å²) in [6, 6.07) is 35.1. The molecule has 1 aliphatic rings. The van der Waals surface area contributed by atoms with E-state index in [4.69, 9.17) is 23.6 Å². The van der Waals surface area contributed by atoms with Crippen LogP contribution < -0.4 is 5.32 Å². The van der Waals surface area contributed by atoms with Gasteiger partial charge in [-0.25, -0.2) is 9.78 Å². The Labute approximate surface area is 272 Å². The fraction of sp³-hybridized carbons (Fsp3) is 0.189. The molecule has 8 nitrogen and oxygen atoms in total. The van der Waals surface area contributed by atoms with Gasteiger partial charge in [0.25, 0.3) is 5.22 Å². The predicted octanol–water partition coefficient (Wildman–Crippen LogP) is 8.57. The highest BCUT2D eigenvalue weighted by Gasteiger charge is 2.33. The molecule has 0 spiro atoms. The van der Waals surface area contributed by atoms with Crippen LogP contribution in [0.2, 0.25) is 0 Å². The molecule has 0 saturated carbocycles. The van der Waals surface area contributed by atoms with Crippen molar-refractivity contribution in [2.75, 3.05) is 17.7 Å². The number of amides is 1. The Morgan fingerprint density at radius 3 is 2.26 bits per heavy atom. The number of carbonyl (C=O) groups excluding carboxylic acids is 1. The molecule has 1 fully saturated rings. The van der Waals surface area contributed by atoms with Crippen molar-refractivity contribution in [3.8, 4) is 22.6 Å². The van der Waals surface area contributed by atoms with Crippen molar-refractivity contribution in [2.24, 2.45) is 0 Å². The molecule has 9 heteroatoms. The number of aliphatic hydroxyl groups excluding tert-OH is 1. The molecule has 0 bridgehead atoms. The molecule has 1 saturated heterocycles. The van der Waals surface area contributed by atoms with E-state index in [9.17, 15) is 9.90 Å². The molecule has 0 radical (unpaired) electrons. The van der Waals surface area contributed by atoms with Crippen LogP contribution in [0, 0.1) is 0 Å². The summed E-state index contributed by atoms with van der Waals surface area (Å²) >= 11 is 1.51. The van der Waals surface area contributed by atoms with Crippen LogP contribution in [0.25, 0.3) is 22.6 Å². The smallest absolute Gasteiger partial charge is 0.411 e. The molecule has 234 valence electrons. The molecule has 2 N–H and O–H groups in total. The zero-order valence-electron chi connectivity index (χ0n) is 25.1. The summed E-state index contributed by atoms with van der Waals surface area (Å²) in [7, 11) is 0. The van der Waals surface area contributed by atoms with Crippen molar-refractivity contribution >= 4 is 23.5 Å². The van der Waals surface area contributed by atoms with Gasteiger partial charge in [-0.3, -0.25) is 5.32 Å². The van der Waals surface area contributed by atoms with Gasteiger partial charge >= 0.3 is 6.09 Å². The van der Waals surface area contributed by atoms with Crippen molar-refractivity contribution < 1.29 is 28.5 Å². The Hall–Kier alpha value is -4.67. The largest absolute Gasteiger partial charge is 0.445 e. The maximum Gasteiger partial charge on any atom is 0.411 e. The lowest BCUT2D eigenvalue weighted by molar-refractivity contribution is -0.245. The number of aromatic nitrogens is 1. The van der Waals surface area contributed by atoms with Crippen LogP contribution in [-0.2, 0) is 20.8 Å². The Kier molecular flexibility index (Phi) is 10.3. The van der Waals surface area contributed by atoms with Gasteiger partial charge in [0.05, 0.1) is 18.8 Å². The average molecular weight is 635 g/mol. The second-order valence-corrected chi connectivity index (χ2v) is 11.7. The van der Waals surface area contributed by atoms with Gasteiger partial charge in [-0.05, 0) is 23.3 Å². The minimum atomic E-state index is -0.645. The Morgan fingerprint density at radius 2 is 1.59 bits per heavy atom. The SMILES string of the molecule is C=CCOC(=O)Nc1ccc(C2OC(CSc3nc(-c4ccccc4)c(-c4ccccc4)o3)CC(c3ccc(CO)cc3)O2)cc1. The fourth-order valence-corrected chi connectivity index (χ4v) is 5.98. The van der Waals surface area contributed by atoms with Crippen molar-refractivity contribution in [1.29, 1.82) is 0 Å². The van der Waals surface area contributed by atoms with Crippen LogP contribution in [0.1, 0.15) is 35.5 Å². The lowest BCUT2D eigenvalue weighted by Gasteiger charge is -2.36. The second kappa shape index (κ2) is 15.1. The van der Waals surface area contributed by atoms with Crippen molar-refractivity contribution in [1.82, 2.24) is 4.98 Å². The third-order valence-electron chi connectivity index (χ3n) is 7.46. The van der Waals surface area contributed by atoms with Crippen molar-refractivity contribution in [2.45, 2.75) is 36.7 Å². The van der Waals surface area contributed by atoms with Crippen molar-refractivity contribution in [3.05, 3.63) is 139 Å². The summed E-state index contributed by atoms with van der Waals surface area (Å²) in [5, 5.41) is 12.8. The number of anilines is 1. The summed E-state index contributed by atoms with van der Waals surface area (Å²) in [6.07, 6.45) is 0.494. The molecule has 6 rings (SSSR count). The number of carbonyl (C=O) groups is 1. The minimum Gasteiger partial charge on any atom is -0.445 e. The van der Waals surface area contributed by atoms with Crippen LogP contribution in [0.3, 0.4) is 0 Å². The Morgan fingerprint density at radius 1 is 0.913 bits per heavy atom. The quantitative estimate of drug-likeness (QED) is 0.110. The zero-order chi connectivity index (χ0) is 31.7. The number of benzene rings is 4. The Balaban J connectivity index is 1.21. The fourth-order valence-electron chi connectivity index (χ4n) is 5.14. The van der Waals surface area contributed by atoms with Gasteiger partial charge in [-0.1, -0.05) is 121 Å². The molecule has 0 aliphatic carbocycles. The van der Waals surface area contributed by atoms with Crippen LogP contribution in [0.4, 0.5) is 10.5 Å². The van der Waals surface area contributed by atoms with Crippen LogP contribution in [0.15, 0.2) is 131 Å². The molecule has 3 atom stereocenters. The highest BCUT2D eigenvalue weighted by molar-refractivity contribution is 7.99. The van der Waals surface area contributed by atoms with E-state index in [-0.39, 0.29) is 25.4 Å². The lowest BCUT2D eigenvalue weighted by atomic mass is 10.0. The number of thioether (sulfide) groups is 1. The molecule has 5 aromatic rings.